The maximum Gasteiger partial charge on any atom is 0.171 e. The highest BCUT2D eigenvalue weighted by Gasteiger charge is 2.03. The van der Waals surface area contributed by atoms with E-state index in [9.17, 15) is 0 Å². The van der Waals surface area contributed by atoms with Crippen molar-refractivity contribution in [2.24, 2.45) is 0 Å². The zero-order valence-corrected chi connectivity index (χ0v) is 24.1. The molecule has 0 radical (unpaired) electrons. The fraction of sp³-hybridized carbons (Fsp3) is 0.472. The second kappa shape index (κ2) is 20.8. The molecule has 208 valence electrons. The Bertz CT molecular complexity index is 1040. The first-order valence-electron chi connectivity index (χ1n) is 15.5. The van der Waals surface area contributed by atoms with Gasteiger partial charge in [0.05, 0.1) is 0 Å². The molecule has 3 aromatic rings. The molecule has 3 heteroatoms. The van der Waals surface area contributed by atoms with E-state index in [0.717, 1.165) is 25.8 Å². The van der Waals surface area contributed by atoms with E-state index >= 15 is 0 Å². The Labute approximate surface area is 238 Å². The number of allylic oxidation sites excluding steroid dienone is 4. The first-order valence-corrected chi connectivity index (χ1v) is 15.5. The smallest absolute Gasteiger partial charge is 0.171 e. The van der Waals surface area contributed by atoms with Gasteiger partial charge in [-0.15, -0.1) is 0 Å². The van der Waals surface area contributed by atoms with Crippen molar-refractivity contribution in [3.8, 4) is 0 Å². The molecule has 0 atom stereocenters. The molecule has 0 amide bonds. The van der Waals surface area contributed by atoms with Gasteiger partial charge in [-0.25, -0.2) is 4.57 Å². The highest BCUT2D eigenvalue weighted by Crippen LogP contribution is 2.10. The summed E-state index contributed by atoms with van der Waals surface area (Å²) in [4.78, 5) is 8.25. The second-order valence-corrected chi connectivity index (χ2v) is 10.7. The molecule has 0 aliphatic carbocycles. The predicted molar refractivity (Wildman–Crippen MR) is 165 cm³/mol. The van der Waals surface area contributed by atoms with Crippen molar-refractivity contribution in [2.45, 2.75) is 109 Å². The number of pyridine rings is 3. The maximum atomic E-state index is 4.17. The molecule has 3 nitrogen and oxygen atoms in total. The van der Waals surface area contributed by atoms with Crippen LogP contribution >= 0.6 is 0 Å². The van der Waals surface area contributed by atoms with Gasteiger partial charge in [0, 0.05) is 42.8 Å². The van der Waals surface area contributed by atoms with Crippen LogP contribution in [0.3, 0.4) is 0 Å². The molecule has 0 aromatic carbocycles. The molecule has 0 saturated heterocycles. The van der Waals surface area contributed by atoms with Crippen molar-refractivity contribution in [1.82, 2.24) is 9.97 Å². The third-order valence-corrected chi connectivity index (χ3v) is 7.30. The first kappa shape index (κ1) is 30.5. The topological polar surface area (TPSA) is 29.7 Å². The summed E-state index contributed by atoms with van der Waals surface area (Å²) in [6, 6.07) is 12.9. The van der Waals surface area contributed by atoms with Crippen molar-refractivity contribution in [1.29, 1.82) is 0 Å². The highest BCUT2D eigenvalue weighted by molar-refractivity contribution is 5.12. The fourth-order valence-electron chi connectivity index (χ4n) is 4.96. The van der Waals surface area contributed by atoms with Crippen LogP contribution in [0.4, 0.5) is 0 Å². The second-order valence-electron chi connectivity index (χ2n) is 10.7. The molecule has 0 spiro atoms. The molecular formula is C36H50N3+. The van der Waals surface area contributed by atoms with Crippen LogP contribution in [0.1, 0.15) is 100 Å². The average Bonchev–Trinajstić information content (AvgIpc) is 2.98. The summed E-state index contributed by atoms with van der Waals surface area (Å²) in [6.07, 6.45) is 41.6. The molecule has 0 saturated carbocycles. The average molecular weight is 525 g/mol. The summed E-state index contributed by atoms with van der Waals surface area (Å²) < 4.78 is 2.40. The van der Waals surface area contributed by atoms with E-state index in [1.54, 1.807) is 0 Å². The molecule has 0 aliphatic rings. The SMILES string of the molecule is C(=C/Cc1cccnc1)/CCCCCCCC[n+]1cccc(CCCCCC/C=C\CCc2ccncc2)c1. The monoisotopic (exact) mass is 524 g/mol. The van der Waals surface area contributed by atoms with Crippen molar-refractivity contribution < 1.29 is 4.57 Å². The van der Waals surface area contributed by atoms with E-state index < -0.39 is 0 Å². The Hall–Kier alpha value is -3.07. The third kappa shape index (κ3) is 15.2. The van der Waals surface area contributed by atoms with Gasteiger partial charge in [0.2, 0.25) is 0 Å². The van der Waals surface area contributed by atoms with Crippen LogP contribution in [0.15, 0.2) is 97.9 Å². The lowest BCUT2D eigenvalue weighted by Crippen LogP contribution is -2.33. The minimum Gasteiger partial charge on any atom is -0.265 e. The summed E-state index contributed by atoms with van der Waals surface area (Å²) in [6.45, 7) is 1.15. The normalized spacial score (nSPS) is 11.6. The molecule has 3 heterocycles. The summed E-state index contributed by atoms with van der Waals surface area (Å²) >= 11 is 0. The lowest BCUT2D eigenvalue weighted by molar-refractivity contribution is -0.697. The predicted octanol–water partition coefficient (Wildman–Crippen LogP) is 8.98. The Morgan fingerprint density at radius 2 is 1.23 bits per heavy atom. The van der Waals surface area contributed by atoms with Crippen LogP contribution < -0.4 is 4.57 Å². The van der Waals surface area contributed by atoms with E-state index in [1.165, 1.54) is 100 Å². The zero-order chi connectivity index (χ0) is 27.1. The summed E-state index contributed by atoms with van der Waals surface area (Å²) in [5.41, 5.74) is 4.16. The lowest BCUT2D eigenvalue weighted by Gasteiger charge is -2.03. The summed E-state index contributed by atoms with van der Waals surface area (Å²) in [5.74, 6) is 0. The van der Waals surface area contributed by atoms with Gasteiger partial charge in [-0.3, -0.25) is 9.97 Å². The van der Waals surface area contributed by atoms with E-state index in [2.05, 4.69) is 81.6 Å². The largest absolute Gasteiger partial charge is 0.265 e. The third-order valence-electron chi connectivity index (χ3n) is 7.30. The number of rotatable bonds is 21. The molecule has 0 aliphatic heterocycles. The van der Waals surface area contributed by atoms with E-state index in [0.29, 0.717) is 0 Å². The van der Waals surface area contributed by atoms with Gasteiger partial charge in [0.15, 0.2) is 12.4 Å². The van der Waals surface area contributed by atoms with Crippen LogP contribution in [0, 0.1) is 0 Å². The van der Waals surface area contributed by atoms with Gasteiger partial charge in [0.1, 0.15) is 6.54 Å². The molecule has 39 heavy (non-hydrogen) atoms. The van der Waals surface area contributed by atoms with E-state index in [4.69, 9.17) is 0 Å². The Morgan fingerprint density at radius 1 is 0.538 bits per heavy atom. The molecule has 0 fully saturated rings. The fourth-order valence-corrected chi connectivity index (χ4v) is 4.96. The standard InChI is InChI=1S/C36H50N3/c1(2-7-11-15-21-35-23-18-27-38-32-35)5-9-13-17-30-39-31-19-24-36(33-39)22-16-12-8-4-3-6-10-14-20-34-25-28-37-29-26-34/h6,10-11,15,18-19,23-29,31-33H,1-5,7-9,12-14,16-17,20-22,30H2/q+1/b10-6-,15-11-. The van der Waals surface area contributed by atoms with E-state index in [-0.39, 0.29) is 0 Å². The maximum absolute atomic E-state index is 4.17. The molecule has 0 bridgehead atoms. The quantitative estimate of drug-likeness (QED) is 0.0790. The van der Waals surface area contributed by atoms with Gasteiger partial charge < -0.3 is 0 Å². The number of unbranched alkanes of at least 4 members (excludes halogenated alkanes) is 10. The minimum atomic E-state index is 0.999. The van der Waals surface area contributed by atoms with Crippen LogP contribution in [0.2, 0.25) is 0 Å². The minimum absolute atomic E-state index is 0.999. The van der Waals surface area contributed by atoms with Gasteiger partial charge >= 0.3 is 0 Å². The molecular weight excluding hydrogens is 474 g/mol. The molecule has 3 aromatic heterocycles. The number of aryl methyl sites for hydroxylation is 3. The van der Waals surface area contributed by atoms with Gasteiger partial charge in [-0.05, 0) is 99.6 Å². The van der Waals surface area contributed by atoms with Crippen LogP contribution in [0.25, 0.3) is 0 Å². The van der Waals surface area contributed by atoms with Crippen LogP contribution in [-0.2, 0) is 25.8 Å². The number of hydrogen-bond acceptors (Lipinski definition) is 2. The number of aromatic nitrogens is 3. The Morgan fingerprint density at radius 3 is 2.03 bits per heavy atom. The van der Waals surface area contributed by atoms with Crippen molar-refractivity contribution in [3.05, 3.63) is 115 Å². The van der Waals surface area contributed by atoms with Crippen molar-refractivity contribution in [3.63, 3.8) is 0 Å². The number of nitrogens with zero attached hydrogens (tertiary/aromatic N) is 3. The van der Waals surface area contributed by atoms with Gasteiger partial charge in [-0.2, -0.15) is 0 Å². The van der Waals surface area contributed by atoms with E-state index in [1.807, 2.05) is 30.9 Å². The van der Waals surface area contributed by atoms with Gasteiger partial charge in [-0.1, -0.05) is 62.5 Å². The number of hydrogen-bond donors (Lipinski definition) is 0. The Balaban J connectivity index is 1.12. The summed E-state index contributed by atoms with van der Waals surface area (Å²) in [7, 11) is 0. The van der Waals surface area contributed by atoms with Crippen molar-refractivity contribution in [2.75, 3.05) is 0 Å². The van der Waals surface area contributed by atoms with Crippen molar-refractivity contribution >= 4 is 0 Å². The Kier molecular flexibility index (Phi) is 16.3. The van der Waals surface area contributed by atoms with Crippen LogP contribution in [0.5, 0.6) is 0 Å². The van der Waals surface area contributed by atoms with Gasteiger partial charge in [0.25, 0.3) is 0 Å². The zero-order valence-electron chi connectivity index (χ0n) is 24.1. The summed E-state index contributed by atoms with van der Waals surface area (Å²) in [5, 5.41) is 0. The molecule has 0 N–H and O–H groups in total. The highest BCUT2D eigenvalue weighted by atomic mass is 14.9. The lowest BCUT2D eigenvalue weighted by atomic mass is 10.1. The molecule has 0 unspecified atom stereocenters. The molecule has 3 rings (SSSR count). The van der Waals surface area contributed by atoms with Crippen LogP contribution in [-0.4, -0.2) is 9.97 Å². The first-order chi connectivity index (χ1) is 19.4.